The van der Waals surface area contributed by atoms with E-state index in [0.29, 0.717) is 6.04 Å². The van der Waals surface area contributed by atoms with Gasteiger partial charge in [0.25, 0.3) is 0 Å². The smallest absolute Gasteiger partial charge is 0.178 e. The Kier molecular flexibility index (Phi) is 3.81. The number of rotatable bonds is 4. The van der Waals surface area contributed by atoms with Crippen LogP contribution in [0.1, 0.15) is 25.8 Å². The van der Waals surface area contributed by atoms with Crippen LogP contribution in [0, 0.1) is 4.77 Å². The van der Waals surface area contributed by atoms with Crippen molar-refractivity contribution in [3.8, 4) is 5.75 Å². The summed E-state index contributed by atoms with van der Waals surface area (Å²) < 4.78 is 8.33. The van der Waals surface area contributed by atoms with E-state index in [2.05, 4.69) is 27.4 Å². The molecule has 108 valence electrons. The fourth-order valence-electron chi connectivity index (χ4n) is 3.09. The van der Waals surface area contributed by atoms with Crippen LogP contribution in [0.5, 0.6) is 5.75 Å². The van der Waals surface area contributed by atoms with Gasteiger partial charge in [-0.3, -0.25) is 0 Å². The Morgan fingerprint density at radius 3 is 2.80 bits per heavy atom. The van der Waals surface area contributed by atoms with Crippen molar-refractivity contribution in [2.24, 2.45) is 0 Å². The number of nitrogens with one attached hydrogen (secondary N) is 1. The lowest BCUT2D eigenvalue weighted by molar-refractivity contribution is 0.289. The van der Waals surface area contributed by atoms with Crippen LogP contribution in [0.2, 0.25) is 0 Å². The molecular formula is C15H21N3OS. The average molecular weight is 291 g/mol. The van der Waals surface area contributed by atoms with Gasteiger partial charge in [-0.2, -0.15) is 0 Å². The minimum atomic E-state index is 0.362. The highest BCUT2D eigenvalue weighted by atomic mass is 32.1. The van der Waals surface area contributed by atoms with Gasteiger partial charge in [0.15, 0.2) is 4.77 Å². The zero-order valence-corrected chi connectivity index (χ0v) is 12.9. The quantitative estimate of drug-likeness (QED) is 0.877. The number of ether oxygens (including phenoxy) is 1. The van der Waals surface area contributed by atoms with E-state index >= 15 is 0 Å². The Bertz CT molecular complexity index is 655. The molecule has 0 spiro atoms. The predicted octanol–water partition coefficient (Wildman–Crippen LogP) is 3.36. The molecule has 0 aliphatic carbocycles. The van der Waals surface area contributed by atoms with Gasteiger partial charge in [0, 0.05) is 18.7 Å². The summed E-state index contributed by atoms with van der Waals surface area (Å²) in [4.78, 5) is 5.81. The van der Waals surface area contributed by atoms with E-state index in [4.69, 9.17) is 17.0 Å². The Hall–Kier alpha value is -1.33. The summed E-state index contributed by atoms with van der Waals surface area (Å²) in [5, 5.41) is 0. The average Bonchev–Trinajstić information content (AvgIpc) is 3.04. The number of aromatic nitrogens is 2. The first kappa shape index (κ1) is 13.6. The second kappa shape index (κ2) is 5.58. The van der Waals surface area contributed by atoms with Gasteiger partial charge in [0.1, 0.15) is 5.75 Å². The lowest BCUT2D eigenvalue weighted by atomic mass is 10.2. The molecule has 0 amide bonds. The molecule has 3 rings (SSSR count). The van der Waals surface area contributed by atoms with Crippen molar-refractivity contribution >= 4 is 23.3 Å². The molecule has 1 aliphatic heterocycles. The SMILES string of the molecule is COc1ccc2[nH]c(=S)n(C(C)CN3CCCC3)c2c1. The van der Waals surface area contributed by atoms with Crippen molar-refractivity contribution in [2.45, 2.75) is 25.8 Å². The molecule has 20 heavy (non-hydrogen) atoms. The first-order valence-electron chi connectivity index (χ1n) is 7.19. The van der Waals surface area contributed by atoms with Gasteiger partial charge in [-0.15, -0.1) is 0 Å². The molecule has 0 radical (unpaired) electrons. The minimum Gasteiger partial charge on any atom is -0.497 e. The second-order valence-corrected chi connectivity index (χ2v) is 5.93. The van der Waals surface area contributed by atoms with Crippen molar-refractivity contribution in [3.05, 3.63) is 23.0 Å². The summed E-state index contributed by atoms with van der Waals surface area (Å²) in [5.41, 5.74) is 2.20. The summed E-state index contributed by atoms with van der Waals surface area (Å²) in [7, 11) is 1.69. The maximum Gasteiger partial charge on any atom is 0.178 e. The van der Waals surface area contributed by atoms with Crippen molar-refractivity contribution in [1.29, 1.82) is 0 Å². The number of hydrogen-bond acceptors (Lipinski definition) is 3. The maximum atomic E-state index is 5.50. The summed E-state index contributed by atoms with van der Waals surface area (Å²) in [5.74, 6) is 0.869. The summed E-state index contributed by atoms with van der Waals surface area (Å²) in [6.07, 6.45) is 2.64. The number of nitrogens with zero attached hydrogens (tertiary/aromatic N) is 2. The molecule has 0 bridgehead atoms. The topological polar surface area (TPSA) is 33.2 Å². The highest BCUT2D eigenvalue weighted by Gasteiger charge is 2.18. The molecule has 2 heterocycles. The number of methoxy groups -OCH3 is 1. The number of H-pyrrole nitrogens is 1. The third kappa shape index (κ3) is 2.47. The van der Waals surface area contributed by atoms with Crippen LogP contribution in [0.25, 0.3) is 11.0 Å². The van der Waals surface area contributed by atoms with Crippen molar-refractivity contribution < 1.29 is 4.74 Å². The van der Waals surface area contributed by atoms with Gasteiger partial charge >= 0.3 is 0 Å². The molecule has 1 unspecified atom stereocenters. The van der Waals surface area contributed by atoms with Gasteiger partial charge in [-0.1, -0.05) is 0 Å². The highest BCUT2D eigenvalue weighted by molar-refractivity contribution is 7.71. The number of likely N-dealkylation sites (tertiary alicyclic amines) is 1. The molecule has 1 aromatic carbocycles. The van der Waals surface area contributed by atoms with Crippen molar-refractivity contribution in [1.82, 2.24) is 14.5 Å². The Morgan fingerprint density at radius 2 is 2.10 bits per heavy atom. The van der Waals surface area contributed by atoms with Crippen molar-refractivity contribution in [2.75, 3.05) is 26.7 Å². The third-order valence-electron chi connectivity index (χ3n) is 4.09. The number of aromatic amines is 1. The molecule has 1 fully saturated rings. The normalized spacial score (nSPS) is 17.7. The Balaban J connectivity index is 1.96. The fraction of sp³-hybridized carbons (Fsp3) is 0.533. The third-order valence-corrected chi connectivity index (χ3v) is 4.39. The fourth-order valence-corrected chi connectivity index (χ4v) is 3.47. The molecule has 1 atom stereocenters. The first-order chi connectivity index (χ1) is 9.69. The van der Waals surface area contributed by atoms with Crippen LogP contribution >= 0.6 is 12.2 Å². The lowest BCUT2D eigenvalue weighted by Crippen LogP contribution is -2.27. The van der Waals surface area contributed by atoms with E-state index in [0.717, 1.165) is 28.1 Å². The lowest BCUT2D eigenvalue weighted by Gasteiger charge is -2.22. The van der Waals surface area contributed by atoms with Gasteiger partial charge < -0.3 is 19.2 Å². The van der Waals surface area contributed by atoms with Crippen molar-refractivity contribution in [3.63, 3.8) is 0 Å². The van der Waals surface area contributed by atoms with E-state index < -0.39 is 0 Å². The van der Waals surface area contributed by atoms with Gasteiger partial charge in [0.2, 0.25) is 0 Å². The standard InChI is InChI=1S/C15H21N3OS/c1-11(10-17-7-3-4-8-17)18-14-9-12(19-2)5-6-13(14)16-15(18)20/h5-6,9,11H,3-4,7-8,10H2,1-2H3,(H,16,20). The molecule has 5 heteroatoms. The first-order valence-corrected chi connectivity index (χ1v) is 7.60. The van der Waals surface area contributed by atoms with Crippen LogP contribution in [-0.4, -0.2) is 41.2 Å². The number of imidazole rings is 1. The van der Waals surface area contributed by atoms with Gasteiger partial charge in [-0.05, 0) is 57.2 Å². The largest absolute Gasteiger partial charge is 0.497 e. The van der Waals surface area contributed by atoms with Gasteiger partial charge in [-0.25, -0.2) is 0 Å². The van der Waals surface area contributed by atoms with E-state index in [-0.39, 0.29) is 0 Å². The van der Waals surface area contributed by atoms with E-state index in [1.807, 2.05) is 12.1 Å². The molecule has 1 aliphatic rings. The molecular weight excluding hydrogens is 270 g/mol. The molecule has 1 aromatic heterocycles. The summed E-state index contributed by atoms with van der Waals surface area (Å²) in [6.45, 7) is 5.71. The predicted molar refractivity (Wildman–Crippen MR) is 84.1 cm³/mol. The van der Waals surface area contributed by atoms with E-state index in [9.17, 15) is 0 Å². The molecule has 2 aromatic rings. The molecule has 0 saturated carbocycles. The van der Waals surface area contributed by atoms with E-state index in [1.54, 1.807) is 7.11 Å². The number of fused-ring (bicyclic) bond motifs is 1. The number of benzene rings is 1. The Labute approximate surface area is 124 Å². The maximum absolute atomic E-state index is 5.50. The molecule has 1 saturated heterocycles. The summed E-state index contributed by atoms with van der Waals surface area (Å²) >= 11 is 5.50. The van der Waals surface area contributed by atoms with Crippen LogP contribution in [-0.2, 0) is 0 Å². The minimum absolute atomic E-state index is 0.362. The van der Waals surface area contributed by atoms with Crippen LogP contribution in [0.15, 0.2) is 18.2 Å². The monoisotopic (exact) mass is 291 g/mol. The van der Waals surface area contributed by atoms with Crippen LogP contribution in [0.3, 0.4) is 0 Å². The molecule has 1 N–H and O–H groups in total. The zero-order valence-electron chi connectivity index (χ0n) is 12.1. The van der Waals surface area contributed by atoms with Crippen LogP contribution in [0.4, 0.5) is 0 Å². The number of hydrogen-bond donors (Lipinski definition) is 1. The van der Waals surface area contributed by atoms with Crippen LogP contribution < -0.4 is 4.74 Å². The molecule has 4 nitrogen and oxygen atoms in total. The van der Waals surface area contributed by atoms with E-state index in [1.165, 1.54) is 25.9 Å². The van der Waals surface area contributed by atoms with Gasteiger partial charge in [0.05, 0.1) is 18.1 Å². The Morgan fingerprint density at radius 1 is 1.35 bits per heavy atom. The second-order valence-electron chi connectivity index (χ2n) is 5.54. The zero-order chi connectivity index (χ0) is 14.1. The highest BCUT2D eigenvalue weighted by Crippen LogP contribution is 2.24. The summed E-state index contributed by atoms with van der Waals surface area (Å²) in [6, 6.07) is 6.41.